The fraction of sp³-hybridized carbons (Fsp3) is 0.385. The zero-order chi connectivity index (χ0) is 13.2. The fourth-order valence-electron chi connectivity index (χ4n) is 1.97. The molecule has 0 saturated heterocycles. The van der Waals surface area contributed by atoms with E-state index in [1.165, 1.54) is 5.56 Å². The lowest BCUT2D eigenvalue weighted by Crippen LogP contribution is -2.18. The summed E-state index contributed by atoms with van der Waals surface area (Å²) >= 11 is 1.59. The number of fused-ring (bicyclic) bond motifs is 1. The number of hydrogen-bond acceptors (Lipinski definition) is 6. The molecule has 0 amide bonds. The molecule has 0 aliphatic carbocycles. The van der Waals surface area contributed by atoms with Crippen molar-refractivity contribution in [2.24, 2.45) is 0 Å². The van der Waals surface area contributed by atoms with Gasteiger partial charge in [0.15, 0.2) is 11.5 Å². The van der Waals surface area contributed by atoms with Crippen molar-refractivity contribution in [2.75, 3.05) is 25.2 Å². The van der Waals surface area contributed by atoms with Crippen molar-refractivity contribution in [3.63, 3.8) is 0 Å². The topological polar surface area (TPSA) is 47.5 Å². The van der Waals surface area contributed by atoms with Gasteiger partial charge in [-0.05, 0) is 24.6 Å². The summed E-state index contributed by atoms with van der Waals surface area (Å²) in [5.41, 5.74) is 1.17. The summed E-state index contributed by atoms with van der Waals surface area (Å²) in [5, 5.41) is 10.1. The van der Waals surface area contributed by atoms with E-state index in [0.717, 1.165) is 28.2 Å². The molecule has 3 rings (SSSR count). The van der Waals surface area contributed by atoms with Gasteiger partial charge in [0.05, 0.1) is 0 Å². The van der Waals surface area contributed by atoms with E-state index in [-0.39, 0.29) is 0 Å². The Labute approximate surface area is 115 Å². The van der Waals surface area contributed by atoms with E-state index in [4.69, 9.17) is 9.47 Å². The van der Waals surface area contributed by atoms with E-state index < -0.39 is 0 Å². The van der Waals surface area contributed by atoms with Crippen LogP contribution in [0.4, 0.5) is 5.13 Å². The highest BCUT2D eigenvalue weighted by molar-refractivity contribution is 7.15. The minimum absolute atomic E-state index is 0.613. The molecular formula is C13H15N3O2S. The van der Waals surface area contributed by atoms with Crippen molar-refractivity contribution in [1.82, 2.24) is 10.2 Å². The van der Waals surface area contributed by atoms with E-state index >= 15 is 0 Å². The number of rotatable bonds is 3. The van der Waals surface area contributed by atoms with E-state index in [2.05, 4.69) is 21.2 Å². The van der Waals surface area contributed by atoms with Gasteiger partial charge in [-0.2, -0.15) is 0 Å². The Morgan fingerprint density at radius 3 is 2.74 bits per heavy atom. The molecule has 1 aromatic heterocycles. The van der Waals surface area contributed by atoms with E-state index in [0.29, 0.717) is 13.2 Å². The van der Waals surface area contributed by atoms with Crippen molar-refractivity contribution in [3.05, 3.63) is 28.8 Å². The van der Waals surface area contributed by atoms with Crippen molar-refractivity contribution in [2.45, 2.75) is 13.5 Å². The number of ether oxygens (including phenoxy) is 2. The van der Waals surface area contributed by atoms with Gasteiger partial charge >= 0.3 is 0 Å². The number of aromatic nitrogens is 2. The van der Waals surface area contributed by atoms with Crippen LogP contribution in [0.25, 0.3) is 0 Å². The zero-order valence-corrected chi connectivity index (χ0v) is 11.7. The van der Waals surface area contributed by atoms with Gasteiger partial charge < -0.3 is 14.4 Å². The Kier molecular flexibility index (Phi) is 3.25. The van der Waals surface area contributed by atoms with Crippen LogP contribution in [0.5, 0.6) is 11.5 Å². The molecule has 2 heterocycles. The smallest absolute Gasteiger partial charge is 0.208 e. The maximum atomic E-state index is 5.59. The monoisotopic (exact) mass is 277 g/mol. The van der Waals surface area contributed by atoms with Crippen LogP contribution in [-0.2, 0) is 6.54 Å². The van der Waals surface area contributed by atoms with Crippen LogP contribution in [0.2, 0.25) is 0 Å². The summed E-state index contributed by atoms with van der Waals surface area (Å²) in [4.78, 5) is 2.08. The molecule has 0 saturated carbocycles. The van der Waals surface area contributed by atoms with Gasteiger partial charge in [0.1, 0.15) is 18.2 Å². The van der Waals surface area contributed by atoms with Crippen molar-refractivity contribution < 1.29 is 9.47 Å². The van der Waals surface area contributed by atoms with E-state index in [1.54, 1.807) is 11.3 Å². The molecule has 1 aliphatic rings. The van der Waals surface area contributed by atoms with Crippen LogP contribution in [-0.4, -0.2) is 30.5 Å². The maximum Gasteiger partial charge on any atom is 0.208 e. The van der Waals surface area contributed by atoms with Crippen LogP contribution in [0, 0.1) is 6.92 Å². The molecular weight excluding hydrogens is 262 g/mol. The molecule has 19 heavy (non-hydrogen) atoms. The quantitative estimate of drug-likeness (QED) is 0.861. The summed E-state index contributed by atoms with van der Waals surface area (Å²) in [6, 6.07) is 6.04. The third-order valence-corrected chi connectivity index (χ3v) is 3.82. The van der Waals surface area contributed by atoms with Gasteiger partial charge in [-0.1, -0.05) is 17.4 Å². The molecule has 0 bridgehead atoms. The highest BCUT2D eigenvalue weighted by Gasteiger charge is 2.13. The third kappa shape index (κ3) is 2.63. The highest BCUT2D eigenvalue weighted by Crippen LogP contribution is 2.31. The molecule has 0 N–H and O–H groups in total. The molecule has 0 spiro atoms. The predicted molar refractivity (Wildman–Crippen MR) is 74.2 cm³/mol. The minimum Gasteiger partial charge on any atom is -0.486 e. The van der Waals surface area contributed by atoms with Crippen molar-refractivity contribution >= 4 is 16.5 Å². The van der Waals surface area contributed by atoms with Crippen LogP contribution in [0.15, 0.2) is 18.2 Å². The number of nitrogens with zero attached hydrogens (tertiary/aromatic N) is 3. The van der Waals surface area contributed by atoms with Gasteiger partial charge in [-0.25, -0.2) is 0 Å². The average molecular weight is 277 g/mol. The zero-order valence-electron chi connectivity index (χ0n) is 10.9. The first-order valence-corrected chi connectivity index (χ1v) is 6.94. The maximum absolute atomic E-state index is 5.59. The van der Waals surface area contributed by atoms with Gasteiger partial charge in [-0.15, -0.1) is 10.2 Å². The molecule has 0 atom stereocenters. The lowest BCUT2D eigenvalue weighted by molar-refractivity contribution is 0.171. The summed E-state index contributed by atoms with van der Waals surface area (Å²) < 4.78 is 11.1. The average Bonchev–Trinajstić information content (AvgIpc) is 2.85. The number of aryl methyl sites for hydroxylation is 1. The second-order valence-corrected chi connectivity index (χ2v) is 5.60. The Balaban J connectivity index is 1.76. The first-order valence-electron chi connectivity index (χ1n) is 6.12. The largest absolute Gasteiger partial charge is 0.486 e. The Hall–Kier alpha value is -1.82. The molecule has 100 valence electrons. The predicted octanol–water partition coefficient (Wildman–Crippen LogP) is 2.25. The Morgan fingerprint density at radius 1 is 1.21 bits per heavy atom. The lowest BCUT2D eigenvalue weighted by Gasteiger charge is -2.20. The minimum atomic E-state index is 0.613. The standard InChI is InChI=1S/C13H15N3O2S/c1-9-14-15-13(19-9)16(2)8-10-3-4-11-12(7-10)18-6-5-17-11/h3-4,7H,5-6,8H2,1-2H3. The Morgan fingerprint density at radius 2 is 2.00 bits per heavy atom. The molecule has 5 nitrogen and oxygen atoms in total. The van der Waals surface area contributed by atoms with Crippen LogP contribution >= 0.6 is 11.3 Å². The SMILES string of the molecule is Cc1nnc(N(C)Cc2ccc3c(c2)OCCO3)s1. The van der Waals surface area contributed by atoms with Crippen LogP contribution in [0.1, 0.15) is 10.6 Å². The molecule has 0 unspecified atom stereocenters. The molecule has 0 fully saturated rings. The molecule has 1 aliphatic heterocycles. The van der Waals surface area contributed by atoms with Crippen LogP contribution < -0.4 is 14.4 Å². The highest BCUT2D eigenvalue weighted by atomic mass is 32.1. The van der Waals surface area contributed by atoms with E-state index in [9.17, 15) is 0 Å². The summed E-state index contributed by atoms with van der Waals surface area (Å²) in [7, 11) is 2.01. The number of anilines is 1. The fourth-order valence-corrected chi connectivity index (χ4v) is 2.62. The Bertz CT molecular complexity index is 585. The van der Waals surface area contributed by atoms with Crippen LogP contribution in [0.3, 0.4) is 0 Å². The van der Waals surface area contributed by atoms with Gasteiger partial charge in [0.2, 0.25) is 5.13 Å². The molecule has 6 heteroatoms. The first kappa shape index (κ1) is 12.2. The molecule has 2 aromatic rings. The van der Waals surface area contributed by atoms with Gasteiger partial charge in [0, 0.05) is 13.6 Å². The first-order chi connectivity index (χ1) is 9.22. The third-order valence-electron chi connectivity index (χ3n) is 2.87. The lowest BCUT2D eigenvalue weighted by atomic mass is 10.2. The second kappa shape index (κ2) is 5.05. The molecule has 0 radical (unpaired) electrons. The summed E-state index contributed by atoms with van der Waals surface area (Å²) in [5.74, 6) is 1.65. The summed E-state index contributed by atoms with van der Waals surface area (Å²) in [6.07, 6.45) is 0. The number of hydrogen-bond donors (Lipinski definition) is 0. The molecule has 1 aromatic carbocycles. The normalized spacial score (nSPS) is 13.4. The number of benzene rings is 1. The van der Waals surface area contributed by atoms with Crippen molar-refractivity contribution in [1.29, 1.82) is 0 Å². The van der Waals surface area contributed by atoms with Gasteiger partial charge in [0.25, 0.3) is 0 Å². The summed E-state index contributed by atoms with van der Waals surface area (Å²) in [6.45, 7) is 3.96. The van der Waals surface area contributed by atoms with E-state index in [1.807, 2.05) is 26.1 Å². The second-order valence-electron chi connectivity index (χ2n) is 4.44. The van der Waals surface area contributed by atoms with Crippen molar-refractivity contribution in [3.8, 4) is 11.5 Å². The van der Waals surface area contributed by atoms with Gasteiger partial charge in [-0.3, -0.25) is 0 Å².